The molecular formula is C56H100NO8+. The first-order valence-corrected chi connectivity index (χ1v) is 26.5. The van der Waals surface area contributed by atoms with Crippen LogP contribution in [0.25, 0.3) is 0 Å². The van der Waals surface area contributed by atoms with Gasteiger partial charge < -0.3 is 28.5 Å². The predicted molar refractivity (Wildman–Crippen MR) is 272 cm³/mol. The molecule has 0 heterocycles. The number of carbonyl (C=O) groups excluding carboxylic acids is 2. The van der Waals surface area contributed by atoms with Crippen molar-refractivity contribution in [2.45, 2.75) is 232 Å². The van der Waals surface area contributed by atoms with Crippen LogP contribution in [-0.2, 0) is 33.3 Å². The van der Waals surface area contributed by atoms with Gasteiger partial charge in [-0.25, -0.2) is 4.79 Å². The molecule has 65 heavy (non-hydrogen) atoms. The lowest BCUT2D eigenvalue weighted by molar-refractivity contribution is -0.870. The van der Waals surface area contributed by atoms with E-state index in [0.29, 0.717) is 23.9 Å². The highest BCUT2D eigenvalue weighted by atomic mass is 16.7. The SMILES string of the molecule is CC/C=C\C/C=C\C/C=C\C/C=C\CCCCCCC(=O)OC(COC(=O)CCCCCCCCCCCCC/C=C\CCCCCCCCCC)COC(OCC[N+](C)(C)C)C(=O)O. The molecule has 9 heteroatoms. The van der Waals surface area contributed by atoms with Crippen LogP contribution in [0, 0.1) is 0 Å². The molecule has 0 aromatic heterocycles. The molecule has 0 rings (SSSR count). The molecule has 9 nitrogen and oxygen atoms in total. The van der Waals surface area contributed by atoms with Crippen LogP contribution in [0.3, 0.4) is 0 Å². The van der Waals surface area contributed by atoms with Crippen LogP contribution in [0.1, 0.15) is 219 Å². The molecule has 376 valence electrons. The van der Waals surface area contributed by atoms with Crippen molar-refractivity contribution in [2.24, 2.45) is 0 Å². The van der Waals surface area contributed by atoms with E-state index < -0.39 is 24.3 Å². The zero-order chi connectivity index (χ0) is 47.7. The first-order chi connectivity index (χ1) is 31.6. The van der Waals surface area contributed by atoms with E-state index in [1.165, 1.54) is 116 Å². The minimum atomic E-state index is -1.52. The average Bonchev–Trinajstić information content (AvgIpc) is 3.27. The Morgan fingerprint density at radius 1 is 0.477 bits per heavy atom. The first kappa shape index (κ1) is 62.0. The van der Waals surface area contributed by atoms with Crippen LogP contribution in [-0.4, -0.2) is 87.4 Å². The van der Waals surface area contributed by atoms with Crippen molar-refractivity contribution < 1.29 is 42.9 Å². The van der Waals surface area contributed by atoms with E-state index in [1.54, 1.807) is 0 Å². The van der Waals surface area contributed by atoms with Gasteiger partial charge in [-0.2, -0.15) is 0 Å². The summed E-state index contributed by atoms with van der Waals surface area (Å²) in [5.41, 5.74) is 0. The van der Waals surface area contributed by atoms with Gasteiger partial charge >= 0.3 is 17.9 Å². The Kier molecular flexibility index (Phi) is 45.3. The number of rotatable bonds is 48. The van der Waals surface area contributed by atoms with Crippen LogP contribution >= 0.6 is 0 Å². The summed E-state index contributed by atoms with van der Waals surface area (Å²) in [4.78, 5) is 37.3. The van der Waals surface area contributed by atoms with Gasteiger partial charge in [0.05, 0.1) is 34.4 Å². The number of likely N-dealkylation sites (N-methyl/N-ethyl adjacent to an activating group) is 1. The monoisotopic (exact) mass is 915 g/mol. The Labute approximate surface area is 399 Å². The molecule has 0 aromatic rings. The third kappa shape index (κ3) is 48.7. The van der Waals surface area contributed by atoms with Gasteiger partial charge in [0.15, 0.2) is 6.10 Å². The molecule has 0 aliphatic heterocycles. The molecule has 0 fully saturated rings. The quantitative estimate of drug-likeness (QED) is 0.0211. The minimum Gasteiger partial charge on any atom is -0.477 e. The number of quaternary nitrogens is 1. The second-order valence-electron chi connectivity index (χ2n) is 18.8. The summed E-state index contributed by atoms with van der Waals surface area (Å²) in [5.74, 6) is -2.04. The molecule has 2 unspecified atom stereocenters. The van der Waals surface area contributed by atoms with Crippen LogP contribution in [0.5, 0.6) is 0 Å². The van der Waals surface area contributed by atoms with Gasteiger partial charge in [0.2, 0.25) is 0 Å². The molecule has 0 radical (unpaired) electrons. The number of ether oxygens (including phenoxy) is 4. The molecule has 1 N–H and O–H groups in total. The zero-order valence-corrected chi connectivity index (χ0v) is 42.6. The second kappa shape index (κ2) is 47.5. The third-order valence-corrected chi connectivity index (χ3v) is 11.3. The standard InChI is InChI=1S/C56H99NO8/c1-6-8-10-12-14-16-18-20-22-24-25-26-27-28-29-31-32-34-36-38-40-42-44-46-53(58)63-50-52(51-64-56(55(60)61)62-49-48-57(3,4)5)65-54(59)47-45-43-41-39-37-35-33-30-23-21-19-17-15-13-11-9-7-2/h9,11,15,17,21,23-25,33,35,52,56H,6-8,10,12-14,16,18-20,22,26-32,34,36-51H2,1-5H3/p+1/b11-9-,17-15-,23-21-,25-24-,35-33-. The lowest BCUT2D eigenvalue weighted by Gasteiger charge is -2.25. The molecule has 0 spiro atoms. The summed E-state index contributed by atoms with van der Waals surface area (Å²) in [6.07, 6.45) is 55.8. The topological polar surface area (TPSA) is 108 Å². The van der Waals surface area contributed by atoms with E-state index >= 15 is 0 Å². The highest BCUT2D eigenvalue weighted by Crippen LogP contribution is 2.15. The Hall–Kier alpha value is -3.01. The summed E-state index contributed by atoms with van der Waals surface area (Å²) in [6, 6.07) is 0. The Morgan fingerprint density at radius 2 is 0.877 bits per heavy atom. The Morgan fingerprint density at radius 3 is 1.32 bits per heavy atom. The maximum absolute atomic E-state index is 12.8. The van der Waals surface area contributed by atoms with E-state index in [1.807, 2.05) is 21.1 Å². The minimum absolute atomic E-state index is 0.180. The summed E-state index contributed by atoms with van der Waals surface area (Å²) in [5, 5.41) is 9.67. The van der Waals surface area contributed by atoms with Gasteiger partial charge in [-0.15, -0.1) is 0 Å². The van der Waals surface area contributed by atoms with Crippen molar-refractivity contribution in [1.82, 2.24) is 0 Å². The summed E-state index contributed by atoms with van der Waals surface area (Å²) in [6.45, 7) is 4.74. The fourth-order valence-electron chi connectivity index (χ4n) is 7.17. The number of hydrogen-bond donors (Lipinski definition) is 1. The number of carbonyl (C=O) groups is 3. The molecule has 0 bridgehead atoms. The summed E-state index contributed by atoms with van der Waals surface area (Å²) >= 11 is 0. The molecule has 0 aromatic carbocycles. The molecule has 2 atom stereocenters. The zero-order valence-electron chi connectivity index (χ0n) is 42.6. The van der Waals surface area contributed by atoms with Gasteiger partial charge in [-0.1, -0.05) is 190 Å². The van der Waals surface area contributed by atoms with Gasteiger partial charge in [0, 0.05) is 12.8 Å². The molecule has 0 aliphatic carbocycles. The van der Waals surface area contributed by atoms with Crippen LogP contribution < -0.4 is 0 Å². The van der Waals surface area contributed by atoms with E-state index in [9.17, 15) is 19.5 Å². The molecule has 0 saturated heterocycles. The fraction of sp³-hybridized carbons (Fsp3) is 0.768. The Bertz CT molecular complexity index is 1250. The van der Waals surface area contributed by atoms with E-state index in [2.05, 4.69) is 74.6 Å². The maximum atomic E-state index is 12.8. The molecule has 0 aliphatic rings. The second-order valence-corrected chi connectivity index (χ2v) is 18.8. The van der Waals surface area contributed by atoms with Crippen LogP contribution in [0.4, 0.5) is 0 Å². The largest absolute Gasteiger partial charge is 0.477 e. The summed E-state index contributed by atoms with van der Waals surface area (Å²) in [7, 11) is 5.95. The van der Waals surface area contributed by atoms with Gasteiger partial charge in [-0.3, -0.25) is 9.59 Å². The molecule has 0 amide bonds. The van der Waals surface area contributed by atoms with Crippen molar-refractivity contribution in [3.05, 3.63) is 60.8 Å². The predicted octanol–water partition coefficient (Wildman–Crippen LogP) is 14.9. The number of hydrogen-bond acceptors (Lipinski definition) is 7. The number of carboxylic acids is 1. The van der Waals surface area contributed by atoms with Crippen molar-refractivity contribution >= 4 is 17.9 Å². The number of carboxylic acid groups (broad SMARTS) is 1. The number of esters is 2. The van der Waals surface area contributed by atoms with E-state index in [0.717, 1.165) is 70.6 Å². The van der Waals surface area contributed by atoms with Crippen molar-refractivity contribution in [3.8, 4) is 0 Å². The van der Waals surface area contributed by atoms with Gasteiger partial charge in [0.25, 0.3) is 6.29 Å². The summed E-state index contributed by atoms with van der Waals surface area (Å²) < 4.78 is 22.8. The highest BCUT2D eigenvalue weighted by molar-refractivity contribution is 5.71. The van der Waals surface area contributed by atoms with E-state index in [4.69, 9.17) is 18.9 Å². The van der Waals surface area contributed by atoms with Crippen LogP contribution in [0.2, 0.25) is 0 Å². The van der Waals surface area contributed by atoms with Crippen LogP contribution in [0.15, 0.2) is 60.8 Å². The third-order valence-electron chi connectivity index (χ3n) is 11.3. The highest BCUT2D eigenvalue weighted by Gasteiger charge is 2.25. The number of allylic oxidation sites excluding steroid dienone is 10. The van der Waals surface area contributed by atoms with E-state index in [-0.39, 0.29) is 32.2 Å². The fourth-order valence-corrected chi connectivity index (χ4v) is 7.17. The maximum Gasteiger partial charge on any atom is 0.361 e. The molecule has 0 saturated carbocycles. The average molecular weight is 915 g/mol. The number of aliphatic carboxylic acids is 1. The van der Waals surface area contributed by atoms with Gasteiger partial charge in [0.1, 0.15) is 13.2 Å². The normalized spacial score (nSPS) is 13.3. The van der Waals surface area contributed by atoms with Crippen molar-refractivity contribution in [3.63, 3.8) is 0 Å². The number of nitrogens with zero attached hydrogens (tertiary/aromatic N) is 1. The Balaban J connectivity index is 4.32. The lowest BCUT2D eigenvalue weighted by Crippen LogP contribution is -2.40. The smallest absolute Gasteiger partial charge is 0.361 e. The molecular weight excluding hydrogens is 815 g/mol. The lowest BCUT2D eigenvalue weighted by atomic mass is 10.0. The van der Waals surface area contributed by atoms with Crippen molar-refractivity contribution in [2.75, 3.05) is 47.5 Å². The van der Waals surface area contributed by atoms with Crippen molar-refractivity contribution in [1.29, 1.82) is 0 Å². The first-order valence-electron chi connectivity index (χ1n) is 26.5. The number of unbranched alkanes of at least 4 members (excludes halogenated alkanes) is 23. The van der Waals surface area contributed by atoms with Gasteiger partial charge in [-0.05, 0) is 77.0 Å².